The molecule has 0 amide bonds. The molecule has 2 rings (SSSR count). The van der Waals surface area contributed by atoms with Crippen molar-refractivity contribution in [2.45, 2.75) is 118 Å². The van der Waals surface area contributed by atoms with Crippen LogP contribution in [0.1, 0.15) is 94.9 Å². The van der Waals surface area contributed by atoms with Crippen LogP contribution in [0.4, 0.5) is 0 Å². The van der Waals surface area contributed by atoms with Gasteiger partial charge in [0, 0.05) is 12.8 Å². The summed E-state index contributed by atoms with van der Waals surface area (Å²) in [7, 11) is 0. The Morgan fingerprint density at radius 3 is 1.11 bits per heavy atom. The topological polar surface area (TPSA) is 80.9 Å². The maximum Gasteiger partial charge on any atom is 0.0861 e. The molecule has 0 aromatic rings. The third kappa shape index (κ3) is 11.6. The predicted molar refractivity (Wildman–Crippen MR) is 187 cm³/mol. The van der Waals surface area contributed by atoms with Gasteiger partial charge in [0.1, 0.15) is 0 Å². The molecular formula is C40H58O4. The number of rotatable bonds is 9. The predicted octanol–water partition coefficient (Wildman–Crippen LogP) is 8.71. The molecule has 2 aliphatic rings. The molecule has 4 N–H and O–H groups in total. The van der Waals surface area contributed by atoms with Crippen LogP contribution in [0.25, 0.3) is 0 Å². The second-order valence-electron chi connectivity index (χ2n) is 14.7. The van der Waals surface area contributed by atoms with E-state index in [2.05, 4.69) is 78.0 Å². The molecule has 4 heteroatoms. The molecule has 2 fully saturated rings. The lowest BCUT2D eigenvalue weighted by Gasteiger charge is -2.45. The van der Waals surface area contributed by atoms with E-state index in [0.29, 0.717) is 25.7 Å². The fourth-order valence-corrected chi connectivity index (χ4v) is 6.72. The zero-order chi connectivity index (χ0) is 33.3. The largest absolute Gasteiger partial charge is 0.393 e. The molecule has 4 atom stereocenters. The summed E-state index contributed by atoms with van der Waals surface area (Å²) in [4.78, 5) is 0. The Kier molecular flexibility index (Phi) is 13.2. The van der Waals surface area contributed by atoms with Gasteiger partial charge in [-0.05, 0) is 76.4 Å². The average molecular weight is 603 g/mol. The van der Waals surface area contributed by atoms with Crippen molar-refractivity contribution >= 4 is 0 Å². The van der Waals surface area contributed by atoms with Crippen molar-refractivity contribution in [1.82, 2.24) is 0 Å². The van der Waals surface area contributed by atoms with Crippen molar-refractivity contribution in [2.75, 3.05) is 0 Å². The van der Waals surface area contributed by atoms with Gasteiger partial charge >= 0.3 is 0 Å². The number of aliphatic hydroxyl groups is 4. The van der Waals surface area contributed by atoms with Gasteiger partial charge < -0.3 is 20.4 Å². The zero-order valence-corrected chi connectivity index (χ0v) is 28.9. The smallest absolute Gasteiger partial charge is 0.0861 e. The summed E-state index contributed by atoms with van der Waals surface area (Å²) in [5, 5.41) is 42.0. The SMILES string of the molecule is CC(/C=C/C=C(C)/C=C/C=C/C(C)=C/C=C/C(C)=C/C=C1/C(C)(C)C[C@H](O)C[C@@]1(C)O)=C\C=C1\C(C)(C)C[C@H](O)C[C@@]1(C)O. The number of hydrogen-bond acceptors (Lipinski definition) is 4. The second kappa shape index (κ2) is 15.5. The van der Waals surface area contributed by atoms with Crippen molar-refractivity contribution in [3.63, 3.8) is 0 Å². The van der Waals surface area contributed by atoms with Gasteiger partial charge in [-0.25, -0.2) is 0 Å². The van der Waals surface area contributed by atoms with E-state index in [-0.39, 0.29) is 10.8 Å². The van der Waals surface area contributed by atoms with Crippen LogP contribution in [-0.2, 0) is 0 Å². The molecule has 0 saturated heterocycles. The van der Waals surface area contributed by atoms with Crippen LogP contribution in [0.5, 0.6) is 0 Å². The first-order chi connectivity index (χ1) is 20.2. The molecule has 2 saturated carbocycles. The molecular weight excluding hydrogens is 544 g/mol. The summed E-state index contributed by atoms with van der Waals surface area (Å²) in [5.41, 5.74) is 3.85. The van der Waals surface area contributed by atoms with Crippen LogP contribution in [0.3, 0.4) is 0 Å². The summed E-state index contributed by atoms with van der Waals surface area (Å²) in [5.74, 6) is 0. The molecule has 0 radical (unpaired) electrons. The number of aliphatic hydroxyl groups excluding tert-OH is 2. The summed E-state index contributed by atoms with van der Waals surface area (Å²) >= 11 is 0. The van der Waals surface area contributed by atoms with Gasteiger partial charge in [-0.1, -0.05) is 135 Å². The average Bonchev–Trinajstić information content (AvgIpc) is 2.83. The monoisotopic (exact) mass is 602 g/mol. The van der Waals surface area contributed by atoms with E-state index in [0.717, 1.165) is 33.4 Å². The highest BCUT2D eigenvalue weighted by Crippen LogP contribution is 2.46. The second-order valence-corrected chi connectivity index (χ2v) is 14.7. The van der Waals surface area contributed by atoms with Crippen LogP contribution in [0.2, 0.25) is 0 Å². The number of allylic oxidation sites excluding steroid dienone is 18. The molecule has 4 nitrogen and oxygen atoms in total. The Labute approximate surface area is 267 Å². The molecule has 0 heterocycles. The van der Waals surface area contributed by atoms with Crippen molar-refractivity contribution in [1.29, 1.82) is 0 Å². The molecule has 0 unspecified atom stereocenters. The van der Waals surface area contributed by atoms with E-state index < -0.39 is 23.4 Å². The summed E-state index contributed by atoms with van der Waals surface area (Å²) in [6.07, 6.45) is 29.7. The lowest BCUT2D eigenvalue weighted by Crippen LogP contribution is -2.45. The summed E-state index contributed by atoms with van der Waals surface area (Å²) in [6.45, 7) is 20.1. The molecule has 0 aliphatic heterocycles. The standard InChI is InChI=1S/C40H58O4/c1-29(17-13-19-31(3)21-23-35-37(5,6)25-33(41)27-39(35,9)43)15-11-12-16-30(2)18-14-20-32(4)22-24-36-38(7,8)26-34(42)28-40(36,10)44/h11-24,33-34,41-44H,25-28H2,1-10H3/b15-11+,16-12+,19-13+,20-14+,29-17+,30-18+,31-21+,32-22+,35-23-,36-24-/t33-,34-,39+,40+/m0/s1. The first kappa shape index (κ1) is 37.4. The lowest BCUT2D eigenvalue weighted by molar-refractivity contribution is -0.0279. The van der Waals surface area contributed by atoms with Crippen LogP contribution in [-0.4, -0.2) is 43.8 Å². The Hall–Kier alpha value is -2.76. The molecule has 0 aromatic carbocycles. The highest BCUT2D eigenvalue weighted by atomic mass is 16.3. The van der Waals surface area contributed by atoms with Crippen molar-refractivity contribution in [3.05, 3.63) is 119 Å². The van der Waals surface area contributed by atoms with Gasteiger partial charge in [0.15, 0.2) is 0 Å². The van der Waals surface area contributed by atoms with Gasteiger partial charge in [0.05, 0.1) is 23.4 Å². The molecule has 0 spiro atoms. The molecule has 44 heavy (non-hydrogen) atoms. The van der Waals surface area contributed by atoms with E-state index >= 15 is 0 Å². The maximum atomic E-state index is 10.9. The van der Waals surface area contributed by atoms with Crippen molar-refractivity contribution < 1.29 is 20.4 Å². The van der Waals surface area contributed by atoms with Gasteiger partial charge in [-0.15, -0.1) is 0 Å². The van der Waals surface area contributed by atoms with Crippen LogP contribution in [0.15, 0.2) is 119 Å². The third-order valence-corrected chi connectivity index (χ3v) is 8.67. The minimum atomic E-state index is -1.00. The summed E-state index contributed by atoms with van der Waals surface area (Å²) < 4.78 is 0. The minimum absolute atomic E-state index is 0.253. The van der Waals surface area contributed by atoms with Gasteiger partial charge in [0.2, 0.25) is 0 Å². The Morgan fingerprint density at radius 2 is 0.795 bits per heavy atom. The van der Waals surface area contributed by atoms with Crippen molar-refractivity contribution in [2.24, 2.45) is 10.8 Å². The van der Waals surface area contributed by atoms with Gasteiger partial charge in [-0.2, -0.15) is 0 Å². The summed E-state index contributed by atoms with van der Waals surface area (Å²) in [6, 6.07) is 0. The van der Waals surface area contributed by atoms with Gasteiger partial charge in [0.25, 0.3) is 0 Å². The number of hydrogen-bond donors (Lipinski definition) is 4. The Bertz CT molecular complexity index is 1170. The highest BCUT2D eigenvalue weighted by Gasteiger charge is 2.44. The third-order valence-electron chi connectivity index (χ3n) is 8.67. The first-order valence-electron chi connectivity index (χ1n) is 15.9. The van der Waals surface area contributed by atoms with Crippen LogP contribution >= 0.6 is 0 Å². The maximum absolute atomic E-state index is 10.9. The van der Waals surface area contributed by atoms with E-state index in [1.807, 2.05) is 62.5 Å². The Balaban J connectivity index is 1.95. The van der Waals surface area contributed by atoms with E-state index in [9.17, 15) is 20.4 Å². The molecule has 2 aliphatic carbocycles. The quantitative estimate of drug-likeness (QED) is 0.199. The van der Waals surface area contributed by atoms with Crippen LogP contribution in [0, 0.1) is 10.8 Å². The Morgan fingerprint density at radius 1 is 0.500 bits per heavy atom. The molecule has 0 aromatic heterocycles. The van der Waals surface area contributed by atoms with Gasteiger partial charge in [-0.3, -0.25) is 0 Å². The molecule has 0 bridgehead atoms. The van der Waals surface area contributed by atoms with E-state index in [4.69, 9.17) is 0 Å². The lowest BCUT2D eigenvalue weighted by atomic mass is 9.65. The highest BCUT2D eigenvalue weighted by molar-refractivity contribution is 5.36. The normalized spacial score (nSPS) is 32.8. The fraction of sp³-hybridized carbons (Fsp3) is 0.500. The van der Waals surface area contributed by atoms with Crippen LogP contribution < -0.4 is 0 Å². The minimum Gasteiger partial charge on any atom is -0.393 e. The van der Waals surface area contributed by atoms with E-state index in [1.54, 1.807) is 13.8 Å². The molecule has 242 valence electrons. The zero-order valence-electron chi connectivity index (χ0n) is 28.9. The van der Waals surface area contributed by atoms with Crippen molar-refractivity contribution in [3.8, 4) is 0 Å². The fourth-order valence-electron chi connectivity index (χ4n) is 6.72. The van der Waals surface area contributed by atoms with E-state index in [1.165, 1.54) is 0 Å². The first-order valence-corrected chi connectivity index (χ1v) is 15.9.